The van der Waals surface area contributed by atoms with Crippen molar-refractivity contribution in [3.63, 3.8) is 0 Å². The molecular weight excluding hydrogens is 569 g/mol. The molecule has 2 N–H and O–H groups in total. The van der Waals surface area contributed by atoms with Crippen molar-refractivity contribution < 1.29 is 13.9 Å². The molecular formula is C35H36FN7O2. The van der Waals surface area contributed by atoms with Crippen LogP contribution in [0.3, 0.4) is 0 Å². The Kier molecular flexibility index (Phi) is 8.15. The number of halogens is 1. The van der Waals surface area contributed by atoms with Crippen LogP contribution in [0.4, 0.5) is 4.39 Å². The van der Waals surface area contributed by atoms with Crippen molar-refractivity contribution in [2.24, 2.45) is 0 Å². The normalized spacial score (nSPS) is 13.8. The molecule has 0 spiro atoms. The van der Waals surface area contributed by atoms with Gasteiger partial charge in [-0.3, -0.25) is 15.0 Å². The lowest BCUT2D eigenvalue weighted by Gasteiger charge is -2.15. The minimum Gasteiger partial charge on any atom is -0.492 e. The molecule has 4 aromatic heterocycles. The molecule has 2 aromatic carbocycles. The summed E-state index contributed by atoms with van der Waals surface area (Å²) in [6, 6.07) is 17.0. The smallest absolute Gasteiger partial charge is 0.138 e. The van der Waals surface area contributed by atoms with Gasteiger partial charge < -0.3 is 19.4 Å². The number of benzene rings is 2. The van der Waals surface area contributed by atoms with Crippen LogP contribution in [0.1, 0.15) is 12.8 Å². The molecule has 0 aliphatic carbocycles. The maximum atomic E-state index is 14.7. The lowest BCUT2D eigenvalue weighted by Crippen LogP contribution is -2.25. The van der Waals surface area contributed by atoms with Crippen LogP contribution in [0.2, 0.25) is 0 Å². The SMILES string of the molecule is CN(C)CCOc1cc(F)cc(-c2ccnc3[nH]c(-c4n[nH]c5ccc(-c6cncc(OCCN7CCCC7)c6)cc45)cc23)c1. The van der Waals surface area contributed by atoms with E-state index in [0.717, 1.165) is 81.9 Å². The average molecular weight is 606 g/mol. The van der Waals surface area contributed by atoms with Gasteiger partial charge in [0.2, 0.25) is 0 Å². The van der Waals surface area contributed by atoms with Gasteiger partial charge in [-0.25, -0.2) is 9.37 Å². The van der Waals surface area contributed by atoms with E-state index in [9.17, 15) is 4.39 Å². The van der Waals surface area contributed by atoms with Crippen LogP contribution in [0, 0.1) is 5.82 Å². The largest absolute Gasteiger partial charge is 0.492 e. The van der Waals surface area contributed by atoms with Gasteiger partial charge in [-0.2, -0.15) is 5.10 Å². The van der Waals surface area contributed by atoms with E-state index in [1.807, 2.05) is 55.5 Å². The summed E-state index contributed by atoms with van der Waals surface area (Å²) in [6.45, 7) is 5.09. The van der Waals surface area contributed by atoms with Gasteiger partial charge in [-0.05, 0) is 99.2 Å². The minimum absolute atomic E-state index is 0.352. The standard InChI is InChI=1S/C35H36FN7O2/c1-42(2)11-13-44-27-16-24(15-26(36)19-27)29-7-8-38-35-30(29)20-33(39-35)34-31-18-23(5-6-32(31)40-41-34)25-17-28(22-37-21-25)45-14-12-43-9-3-4-10-43/h5-8,15-22H,3-4,9-14H2,1-2H3,(H,38,39)(H,40,41). The minimum atomic E-state index is -0.352. The Morgan fingerprint density at radius 1 is 0.867 bits per heavy atom. The molecule has 0 atom stereocenters. The number of ether oxygens (including phenoxy) is 2. The second kappa shape index (κ2) is 12.7. The fourth-order valence-electron chi connectivity index (χ4n) is 5.91. The number of fused-ring (bicyclic) bond motifs is 2. The number of hydrogen-bond donors (Lipinski definition) is 2. The number of nitrogens with zero attached hydrogens (tertiary/aromatic N) is 5. The second-order valence-corrected chi connectivity index (χ2v) is 11.8. The predicted molar refractivity (Wildman–Crippen MR) is 175 cm³/mol. The van der Waals surface area contributed by atoms with Gasteiger partial charge in [0, 0.05) is 47.9 Å². The first-order valence-corrected chi connectivity index (χ1v) is 15.4. The molecule has 10 heteroatoms. The van der Waals surface area contributed by atoms with E-state index in [0.29, 0.717) is 24.6 Å². The van der Waals surface area contributed by atoms with Crippen molar-refractivity contribution in [3.8, 4) is 45.1 Å². The van der Waals surface area contributed by atoms with Gasteiger partial charge >= 0.3 is 0 Å². The van der Waals surface area contributed by atoms with Gasteiger partial charge in [-0.15, -0.1) is 0 Å². The highest BCUT2D eigenvalue weighted by atomic mass is 19.1. The molecule has 45 heavy (non-hydrogen) atoms. The van der Waals surface area contributed by atoms with Crippen LogP contribution in [-0.4, -0.2) is 88.4 Å². The number of pyridine rings is 2. The molecule has 1 aliphatic heterocycles. The summed E-state index contributed by atoms with van der Waals surface area (Å²) in [7, 11) is 3.95. The van der Waals surface area contributed by atoms with Gasteiger partial charge in [0.25, 0.3) is 0 Å². The van der Waals surface area contributed by atoms with Crippen LogP contribution in [0.15, 0.2) is 73.2 Å². The molecule has 230 valence electrons. The molecule has 9 nitrogen and oxygen atoms in total. The zero-order chi connectivity index (χ0) is 30.8. The Labute approximate surface area is 261 Å². The maximum Gasteiger partial charge on any atom is 0.138 e. The lowest BCUT2D eigenvalue weighted by molar-refractivity contribution is 0.237. The highest BCUT2D eigenvalue weighted by molar-refractivity contribution is 6.00. The maximum absolute atomic E-state index is 14.7. The van der Waals surface area contributed by atoms with E-state index >= 15 is 0 Å². The van der Waals surface area contributed by atoms with Gasteiger partial charge in [-0.1, -0.05) is 6.07 Å². The first-order valence-electron chi connectivity index (χ1n) is 15.4. The van der Waals surface area contributed by atoms with E-state index in [1.165, 1.54) is 25.0 Å². The van der Waals surface area contributed by atoms with Crippen LogP contribution >= 0.6 is 0 Å². The molecule has 0 radical (unpaired) electrons. The first kappa shape index (κ1) is 28.9. The Hall–Kier alpha value is -4.80. The van der Waals surface area contributed by atoms with E-state index in [4.69, 9.17) is 9.47 Å². The van der Waals surface area contributed by atoms with Gasteiger partial charge in [0.1, 0.15) is 41.9 Å². The molecule has 0 saturated carbocycles. The van der Waals surface area contributed by atoms with Crippen molar-refractivity contribution in [1.29, 1.82) is 0 Å². The van der Waals surface area contributed by atoms with Crippen molar-refractivity contribution in [2.75, 3.05) is 53.5 Å². The number of nitrogens with one attached hydrogen (secondary N) is 2. The number of rotatable bonds is 11. The second-order valence-electron chi connectivity index (χ2n) is 11.8. The zero-order valence-electron chi connectivity index (χ0n) is 25.5. The monoisotopic (exact) mass is 605 g/mol. The summed E-state index contributed by atoms with van der Waals surface area (Å²) in [5.41, 5.74) is 6.74. The molecule has 1 fully saturated rings. The van der Waals surface area contributed by atoms with Gasteiger partial charge in [0.05, 0.1) is 17.4 Å². The number of aromatic nitrogens is 5. The zero-order valence-corrected chi connectivity index (χ0v) is 25.5. The van der Waals surface area contributed by atoms with Crippen LogP contribution in [-0.2, 0) is 0 Å². The Balaban J connectivity index is 1.17. The van der Waals surface area contributed by atoms with Gasteiger partial charge in [0.15, 0.2) is 0 Å². The molecule has 1 aliphatic rings. The molecule has 1 saturated heterocycles. The number of H-pyrrole nitrogens is 2. The quantitative estimate of drug-likeness (QED) is 0.177. The third-order valence-corrected chi connectivity index (χ3v) is 8.26. The van der Waals surface area contributed by atoms with Crippen molar-refractivity contribution >= 4 is 21.9 Å². The molecule has 0 bridgehead atoms. The number of likely N-dealkylation sites (tertiary alicyclic amines) is 1. The molecule has 0 amide bonds. The number of likely N-dealkylation sites (N-methyl/N-ethyl adjacent to an activating group) is 1. The topological polar surface area (TPSA) is 95.2 Å². The van der Waals surface area contributed by atoms with Crippen molar-refractivity contribution in [3.05, 3.63) is 79.0 Å². The van der Waals surface area contributed by atoms with Crippen LogP contribution < -0.4 is 9.47 Å². The summed E-state index contributed by atoms with van der Waals surface area (Å²) >= 11 is 0. The summed E-state index contributed by atoms with van der Waals surface area (Å²) in [5, 5.41) is 9.65. The fraction of sp³-hybridized carbons (Fsp3) is 0.286. The average Bonchev–Trinajstić information content (AvgIpc) is 3.80. The predicted octanol–water partition coefficient (Wildman–Crippen LogP) is 6.39. The van der Waals surface area contributed by atoms with Crippen LogP contribution in [0.25, 0.3) is 55.6 Å². The molecule has 7 rings (SSSR count). The first-order chi connectivity index (χ1) is 22.0. The molecule has 5 heterocycles. The van der Waals surface area contributed by atoms with Crippen molar-refractivity contribution in [2.45, 2.75) is 12.8 Å². The van der Waals surface area contributed by atoms with E-state index in [1.54, 1.807) is 12.4 Å². The third-order valence-electron chi connectivity index (χ3n) is 8.26. The Bertz CT molecular complexity index is 1940. The molecule has 0 unspecified atom stereocenters. The summed E-state index contributed by atoms with van der Waals surface area (Å²) in [4.78, 5) is 16.9. The summed E-state index contributed by atoms with van der Waals surface area (Å²) in [5.74, 6) is 0.903. The van der Waals surface area contributed by atoms with Crippen molar-refractivity contribution in [1.82, 2.24) is 34.9 Å². The summed E-state index contributed by atoms with van der Waals surface area (Å²) in [6.07, 6.45) is 7.88. The fourth-order valence-corrected chi connectivity index (χ4v) is 5.91. The van der Waals surface area contributed by atoms with E-state index in [-0.39, 0.29) is 5.82 Å². The van der Waals surface area contributed by atoms with Crippen LogP contribution in [0.5, 0.6) is 11.5 Å². The Morgan fingerprint density at radius 3 is 2.58 bits per heavy atom. The van der Waals surface area contributed by atoms with E-state index < -0.39 is 0 Å². The Morgan fingerprint density at radius 2 is 1.71 bits per heavy atom. The third kappa shape index (κ3) is 6.38. The highest BCUT2D eigenvalue weighted by Gasteiger charge is 2.17. The number of aromatic amines is 2. The highest BCUT2D eigenvalue weighted by Crippen LogP contribution is 2.36. The molecule has 6 aromatic rings. The summed E-state index contributed by atoms with van der Waals surface area (Å²) < 4.78 is 26.6. The van der Waals surface area contributed by atoms with E-state index in [2.05, 4.69) is 42.2 Å². The lowest BCUT2D eigenvalue weighted by atomic mass is 10.0. The number of hydrogen-bond acceptors (Lipinski definition) is 7.